The molecule has 0 radical (unpaired) electrons. The quantitative estimate of drug-likeness (QED) is 0.698. The molecule has 122 valence electrons. The molecule has 0 spiro atoms. The molecule has 3 aromatic heterocycles. The van der Waals surface area contributed by atoms with Gasteiger partial charge in [0, 0.05) is 24.0 Å². The SMILES string of the molecule is CCCCNc1cc(CCC)nc2c3c(C)cc(C)nc3nn12. The van der Waals surface area contributed by atoms with Gasteiger partial charge in [-0.3, -0.25) is 0 Å². The second-order valence-corrected chi connectivity index (χ2v) is 6.18. The van der Waals surface area contributed by atoms with Crippen LogP contribution in [0.15, 0.2) is 12.1 Å². The molecule has 0 unspecified atom stereocenters. The highest BCUT2D eigenvalue weighted by Gasteiger charge is 2.15. The van der Waals surface area contributed by atoms with Crippen molar-refractivity contribution in [3.63, 3.8) is 0 Å². The van der Waals surface area contributed by atoms with E-state index in [9.17, 15) is 0 Å². The second kappa shape index (κ2) is 6.52. The zero-order valence-electron chi connectivity index (χ0n) is 14.5. The molecule has 3 heterocycles. The molecule has 5 heteroatoms. The zero-order chi connectivity index (χ0) is 16.4. The van der Waals surface area contributed by atoms with E-state index >= 15 is 0 Å². The first-order chi connectivity index (χ1) is 11.1. The maximum Gasteiger partial charge on any atom is 0.184 e. The third-order valence-electron chi connectivity index (χ3n) is 4.07. The summed E-state index contributed by atoms with van der Waals surface area (Å²) >= 11 is 0. The summed E-state index contributed by atoms with van der Waals surface area (Å²) in [6.45, 7) is 9.44. The summed E-state index contributed by atoms with van der Waals surface area (Å²) in [6.07, 6.45) is 4.37. The summed E-state index contributed by atoms with van der Waals surface area (Å²) in [5.41, 5.74) is 4.98. The van der Waals surface area contributed by atoms with E-state index in [2.05, 4.69) is 43.2 Å². The highest BCUT2D eigenvalue weighted by atomic mass is 15.3. The summed E-state index contributed by atoms with van der Waals surface area (Å²) in [5, 5.41) is 9.27. The van der Waals surface area contributed by atoms with Crippen molar-refractivity contribution in [2.24, 2.45) is 0 Å². The highest BCUT2D eigenvalue weighted by Crippen LogP contribution is 2.25. The number of aromatic nitrogens is 4. The van der Waals surface area contributed by atoms with Crippen molar-refractivity contribution in [3.8, 4) is 0 Å². The fraction of sp³-hybridized carbons (Fsp3) is 0.500. The van der Waals surface area contributed by atoms with Gasteiger partial charge in [-0.15, -0.1) is 5.10 Å². The number of unbranched alkanes of at least 4 members (excludes halogenated alkanes) is 1. The molecule has 3 rings (SSSR count). The van der Waals surface area contributed by atoms with Crippen LogP contribution in [-0.4, -0.2) is 26.1 Å². The average molecular weight is 311 g/mol. The van der Waals surface area contributed by atoms with Crippen molar-refractivity contribution in [2.45, 2.75) is 53.4 Å². The molecular formula is C18H25N5. The van der Waals surface area contributed by atoms with Gasteiger partial charge in [-0.05, 0) is 38.3 Å². The molecule has 0 aliphatic carbocycles. The lowest BCUT2D eigenvalue weighted by molar-refractivity contribution is 0.814. The largest absolute Gasteiger partial charge is 0.370 e. The molecule has 0 atom stereocenters. The Morgan fingerprint density at radius 2 is 1.91 bits per heavy atom. The van der Waals surface area contributed by atoms with Crippen LogP contribution in [0, 0.1) is 13.8 Å². The number of hydrogen-bond acceptors (Lipinski definition) is 4. The number of nitrogens with zero attached hydrogens (tertiary/aromatic N) is 4. The molecule has 0 aromatic carbocycles. The molecule has 0 fully saturated rings. The highest BCUT2D eigenvalue weighted by molar-refractivity contribution is 5.93. The maximum absolute atomic E-state index is 4.85. The van der Waals surface area contributed by atoms with Crippen LogP contribution in [0.3, 0.4) is 0 Å². The minimum absolute atomic E-state index is 0.780. The summed E-state index contributed by atoms with van der Waals surface area (Å²) in [7, 11) is 0. The summed E-state index contributed by atoms with van der Waals surface area (Å²) < 4.78 is 1.92. The van der Waals surface area contributed by atoms with Crippen LogP contribution >= 0.6 is 0 Å². The number of anilines is 1. The van der Waals surface area contributed by atoms with Gasteiger partial charge in [0.15, 0.2) is 11.3 Å². The Kier molecular flexibility index (Phi) is 4.46. The molecule has 0 amide bonds. The van der Waals surface area contributed by atoms with E-state index in [1.165, 1.54) is 12.0 Å². The minimum atomic E-state index is 0.780. The van der Waals surface area contributed by atoms with Crippen molar-refractivity contribution in [1.29, 1.82) is 0 Å². The monoisotopic (exact) mass is 311 g/mol. The van der Waals surface area contributed by atoms with Gasteiger partial charge in [0.1, 0.15) is 5.82 Å². The smallest absolute Gasteiger partial charge is 0.184 e. The van der Waals surface area contributed by atoms with Crippen LogP contribution in [0.25, 0.3) is 16.7 Å². The molecule has 0 saturated carbocycles. The lowest BCUT2D eigenvalue weighted by Gasteiger charge is -2.10. The molecule has 23 heavy (non-hydrogen) atoms. The fourth-order valence-electron chi connectivity index (χ4n) is 2.98. The van der Waals surface area contributed by atoms with E-state index in [1.807, 2.05) is 11.4 Å². The fourth-order valence-corrected chi connectivity index (χ4v) is 2.98. The maximum atomic E-state index is 4.85. The van der Waals surface area contributed by atoms with Crippen LogP contribution < -0.4 is 5.32 Å². The van der Waals surface area contributed by atoms with E-state index in [4.69, 9.17) is 10.1 Å². The van der Waals surface area contributed by atoms with Gasteiger partial charge >= 0.3 is 0 Å². The van der Waals surface area contributed by atoms with E-state index in [0.717, 1.165) is 59.7 Å². The van der Waals surface area contributed by atoms with Gasteiger partial charge in [-0.25, -0.2) is 9.97 Å². The molecular weight excluding hydrogens is 286 g/mol. The van der Waals surface area contributed by atoms with Crippen molar-refractivity contribution in [3.05, 3.63) is 29.1 Å². The third-order valence-corrected chi connectivity index (χ3v) is 4.07. The summed E-state index contributed by atoms with van der Waals surface area (Å²) in [6, 6.07) is 4.22. The zero-order valence-corrected chi connectivity index (χ0v) is 14.5. The molecule has 3 aromatic rings. The van der Waals surface area contributed by atoms with E-state index in [0.29, 0.717) is 0 Å². The van der Waals surface area contributed by atoms with Gasteiger partial charge in [0.2, 0.25) is 0 Å². The number of nitrogens with one attached hydrogen (secondary N) is 1. The molecule has 5 nitrogen and oxygen atoms in total. The van der Waals surface area contributed by atoms with E-state index in [-0.39, 0.29) is 0 Å². The Morgan fingerprint density at radius 3 is 2.65 bits per heavy atom. The predicted octanol–water partition coefficient (Wildman–Crippen LogP) is 4.06. The van der Waals surface area contributed by atoms with Crippen LogP contribution in [0.5, 0.6) is 0 Å². The minimum Gasteiger partial charge on any atom is -0.370 e. The Hall–Kier alpha value is -2.17. The number of pyridine rings is 1. The van der Waals surface area contributed by atoms with Gasteiger partial charge in [0.25, 0.3) is 0 Å². The first-order valence-electron chi connectivity index (χ1n) is 8.54. The van der Waals surface area contributed by atoms with Gasteiger partial charge < -0.3 is 5.32 Å². The van der Waals surface area contributed by atoms with E-state index < -0.39 is 0 Å². The first-order valence-corrected chi connectivity index (χ1v) is 8.54. The normalized spacial score (nSPS) is 11.5. The molecule has 0 saturated heterocycles. The molecule has 1 N–H and O–H groups in total. The number of aryl methyl sites for hydroxylation is 3. The second-order valence-electron chi connectivity index (χ2n) is 6.18. The van der Waals surface area contributed by atoms with Crippen molar-refractivity contribution in [1.82, 2.24) is 19.6 Å². The summed E-state index contributed by atoms with van der Waals surface area (Å²) in [4.78, 5) is 9.44. The average Bonchev–Trinajstić information content (AvgIpc) is 2.86. The first kappa shape index (κ1) is 15.7. The lowest BCUT2D eigenvalue weighted by Crippen LogP contribution is -2.08. The third kappa shape index (κ3) is 3.00. The van der Waals surface area contributed by atoms with Crippen LogP contribution in [-0.2, 0) is 6.42 Å². The summed E-state index contributed by atoms with van der Waals surface area (Å²) in [5.74, 6) is 1.02. The molecule has 0 aliphatic heterocycles. The number of hydrogen-bond donors (Lipinski definition) is 1. The number of fused-ring (bicyclic) bond motifs is 3. The Bertz CT molecular complexity index is 834. The standard InChI is InChI=1S/C18H25N5/c1-5-7-9-19-15-11-14(8-6-2)21-18-16-12(3)10-13(4)20-17(16)22-23(15)18/h10-11,19H,5-9H2,1-4H3. The lowest BCUT2D eigenvalue weighted by atomic mass is 10.2. The molecule has 0 bridgehead atoms. The Morgan fingerprint density at radius 1 is 1.09 bits per heavy atom. The van der Waals surface area contributed by atoms with Gasteiger partial charge in [0.05, 0.1) is 5.39 Å². The van der Waals surface area contributed by atoms with Crippen LogP contribution in [0.2, 0.25) is 0 Å². The van der Waals surface area contributed by atoms with Crippen LogP contribution in [0.4, 0.5) is 5.82 Å². The van der Waals surface area contributed by atoms with Crippen molar-refractivity contribution >= 4 is 22.5 Å². The van der Waals surface area contributed by atoms with Gasteiger partial charge in [-0.1, -0.05) is 26.7 Å². The topological polar surface area (TPSA) is 55.1 Å². The van der Waals surface area contributed by atoms with Crippen molar-refractivity contribution < 1.29 is 0 Å². The van der Waals surface area contributed by atoms with Gasteiger partial charge in [-0.2, -0.15) is 4.52 Å². The predicted molar refractivity (Wildman–Crippen MR) is 95.2 cm³/mol. The van der Waals surface area contributed by atoms with Crippen molar-refractivity contribution in [2.75, 3.05) is 11.9 Å². The Balaban J connectivity index is 2.21. The van der Waals surface area contributed by atoms with Crippen LogP contribution in [0.1, 0.15) is 50.1 Å². The Labute approximate surface area is 137 Å². The number of rotatable bonds is 6. The molecule has 0 aliphatic rings. The van der Waals surface area contributed by atoms with E-state index in [1.54, 1.807) is 0 Å².